The molecule has 1 rings (SSSR count). The molecule has 3 heteroatoms. The van der Waals surface area contributed by atoms with E-state index in [-0.39, 0.29) is 0 Å². The number of hydrogen-bond donors (Lipinski definition) is 1. The maximum atomic E-state index is 5.39. The van der Waals surface area contributed by atoms with Crippen LogP contribution >= 0.6 is 12.2 Å². The van der Waals surface area contributed by atoms with Gasteiger partial charge in [-0.15, -0.1) is 0 Å². The number of nitrogens with zero attached hydrogens (tertiary/aromatic N) is 1. The monoisotopic (exact) mass is 214 g/mol. The minimum atomic E-state index is 0.749. The van der Waals surface area contributed by atoms with Crippen molar-refractivity contribution in [3.63, 3.8) is 0 Å². The van der Waals surface area contributed by atoms with Gasteiger partial charge in [-0.3, -0.25) is 0 Å². The highest BCUT2D eigenvalue weighted by Gasteiger charge is 2.29. The Bertz CT molecular complexity index is 178. The van der Waals surface area contributed by atoms with E-state index in [9.17, 15) is 0 Å². The first-order chi connectivity index (χ1) is 6.79. The summed E-state index contributed by atoms with van der Waals surface area (Å²) in [7, 11) is 0. The van der Waals surface area contributed by atoms with Crippen molar-refractivity contribution in [2.75, 3.05) is 13.1 Å². The van der Waals surface area contributed by atoms with Crippen LogP contribution in [0.5, 0.6) is 0 Å². The summed E-state index contributed by atoms with van der Waals surface area (Å²) < 4.78 is 0. The zero-order valence-corrected chi connectivity index (χ0v) is 10.2. The lowest BCUT2D eigenvalue weighted by molar-refractivity contribution is 0.392. The molecule has 1 N–H and O–H groups in total. The Morgan fingerprint density at radius 1 is 1.36 bits per heavy atom. The molecule has 0 aromatic rings. The first-order valence-electron chi connectivity index (χ1n) is 5.84. The first kappa shape index (κ1) is 11.8. The van der Waals surface area contributed by atoms with Crippen molar-refractivity contribution >= 4 is 17.3 Å². The molecule has 0 aliphatic heterocycles. The summed E-state index contributed by atoms with van der Waals surface area (Å²) in [6.45, 7) is 6.54. The smallest absolute Gasteiger partial charge is 0.169 e. The predicted octanol–water partition coefficient (Wildman–Crippen LogP) is 2.54. The van der Waals surface area contributed by atoms with Gasteiger partial charge in [-0.05, 0) is 37.9 Å². The molecule has 0 spiro atoms. The van der Waals surface area contributed by atoms with Crippen LogP contribution in [-0.2, 0) is 0 Å². The fraction of sp³-hybridized carbons (Fsp3) is 0.909. The lowest BCUT2D eigenvalue weighted by atomic mass is 10.3. The molecule has 0 aromatic heterocycles. The number of thiocarbonyl (C=S) groups is 1. The minimum Gasteiger partial charge on any atom is -0.363 e. The predicted molar refractivity (Wildman–Crippen MR) is 65.5 cm³/mol. The third-order valence-corrected chi connectivity index (χ3v) is 2.91. The van der Waals surface area contributed by atoms with Gasteiger partial charge in [0, 0.05) is 19.1 Å². The van der Waals surface area contributed by atoms with Gasteiger partial charge in [0.2, 0.25) is 0 Å². The number of rotatable bonds is 6. The molecule has 1 aliphatic carbocycles. The van der Waals surface area contributed by atoms with Crippen molar-refractivity contribution in [3.8, 4) is 0 Å². The number of hydrogen-bond acceptors (Lipinski definition) is 1. The van der Waals surface area contributed by atoms with E-state index in [1.54, 1.807) is 0 Å². The summed E-state index contributed by atoms with van der Waals surface area (Å²) in [6.07, 6.45) is 6.31. The van der Waals surface area contributed by atoms with Gasteiger partial charge >= 0.3 is 0 Å². The molecular formula is C11H22N2S. The largest absolute Gasteiger partial charge is 0.363 e. The maximum absolute atomic E-state index is 5.39. The van der Waals surface area contributed by atoms with Crippen molar-refractivity contribution < 1.29 is 0 Å². The van der Waals surface area contributed by atoms with Gasteiger partial charge in [0.05, 0.1) is 0 Å². The summed E-state index contributed by atoms with van der Waals surface area (Å²) >= 11 is 5.39. The molecule has 1 fully saturated rings. The Morgan fingerprint density at radius 3 is 2.57 bits per heavy atom. The summed E-state index contributed by atoms with van der Waals surface area (Å²) in [5.41, 5.74) is 0. The van der Waals surface area contributed by atoms with E-state index >= 15 is 0 Å². The fourth-order valence-electron chi connectivity index (χ4n) is 1.50. The molecule has 1 aliphatic rings. The van der Waals surface area contributed by atoms with Gasteiger partial charge in [0.25, 0.3) is 0 Å². The van der Waals surface area contributed by atoms with Crippen molar-refractivity contribution in [1.82, 2.24) is 10.2 Å². The van der Waals surface area contributed by atoms with Crippen molar-refractivity contribution in [1.29, 1.82) is 0 Å². The molecule has 82 valence electrons. The van der Waals surface area contributed by atoms with Crippen LogP contribution < -0.4 is 5.32 Å². The average Bonchev–Trinajstić information content (AvgIpc) is 2.99. The van der Waals surface area contributed by atoms with Crippen LogP contribution in [-0.4, -0.2) is 29.1 Å². The van der Waals surface area contributed by atoms with Crippen molar-refractivity contribution in [3.05, 3.63) is 0 Å². The van der Waals surface area contributed by atoms with Crippen LogP contribution in [0.15, 0.2) is 0 Å². The second-order valence-corrected chi connectivity index (χ2v) is 4.40. The van der Waals surface area contributed by atoms with Gasteiger partial charge in [0.15, 0.2) is 5.11 Å². The highest BCUT2D eigenvalue weighted by molar-refractivity contribution is 7.80. The van der Waals surface area contributed by atoms with Crippen molar-refractivity contribution in [2.45, 2.75) is 52.0 Å². The van der Waals surface area contributed by atoms with Gasteiger partial charge in [-0.1, -0.05) is 20.3 Å². The van der Waals surface area contributed by atoms with Gasteiger partial charge in [-0.25, -0.2) is 0 Å². The van der Waals surface area contributed by atoms with Gasteiger partial charge in [-0.2, -0.15) is 0 Å². The molecule has 2 nitrogen and oxygen atoms in total. The first-order valence-corrected chi connectivity index (χ1v) is 6.24. The Balaban J connectivity index is 2.28. The summed E-state index contributed by atoms with van der Waals surface area (Å²) in [5, 5.41) is 4.29. The molecule has 14 heavy (non-hydrogen) atoms. The van der Waals surface area contributed by atoms with Crippen molar-refractivity contribution in [2.24, 2.45) is 0 Å². The second kappa shape index (κ2) is 6.23. The quantitative estimate of drug-likeness (QED) is 0.684. The van der Waals surface area contributed by atoms with Crippen LogP contribution in [0.2, 0.25) is 0 Å². The Kier molecular flexibility index (Phi) is 5.23. The second-order valence-electron chi connectivity index (χ2n) is 4.01. The molecule has 0 amide bonds. The van der Waals surface area contributed by atoms with E-state index in [0.29, 0.717) is 0 Å². The normalized spacial score (nSPS) is 15.3. The zero-order chi connectivity index (χ0) is 10.4. The average molecular weight is 214 g/mol. The molecule has 0 saturated heterocycles. The van der Waals surface area contributed by atoms with Crippen LogP contribution in [0.25, 0.3) is 0 Å². The van der Waals surface area contributed by atoms with Crippen LogP contribution in [0.4, 0.5) is 0 Å². The third-order valence-electron chi connectivity index (χ3n) is 2.53. The summed E-state index contributed by atoms with van der Waals surface area (Å²) in [4.78, 5) is 2.38. The van der Waals surface area contributed by atoms with E-state index in [1.165, 1.54) is 25.7 Å². The molecule has 0 heterocycles. The molecule has 0 aromatic carbocycles. The molecule has 0 bridgehead atoms. The van der Waals surface area contributed by atoms with E-state index in [1.807, 2.05) is 0 Å². The van der Waals surface area contributed by atoms with E-state index in [2.05, 4.69) is 24.1 Å². The number of unbranched alkanes of at least 4 members (excludes halogenated alkanes) is 1. The van der Waals surface area contributed by atoms with Gasteiger partial charge < -0.3 is 10.2 Å². The highest BCUT2D eigenvalue weighted by Crippen LogP contribution is 2.27. The van der Waals surface area contributed by atoms with Gasteiger partial charge in [0.1, 0.15) is 0 Å². The molecule has 0 atom stereocenters. The topological polar surface area (TPSA) is 15.3 Å². The standard InChI is InChI=1S/C11H22N2S/c1-3-5-9-13(10-6-7-10)11(14)12-8-4-2/h10H,3-9H2,1-2H3,(H,12,14). The van der Waals surface area contributed by atoms with E-state index in [4.69, 9.17) is 12.2 Å². The SMILES string of the molecule is CCCCN(C(=S)NCCC)C1CC1. The lowest BCUT2D eigenvalue weighted by Gasteiger charge is -2.25. The summed E-state index contributed by atoms with van der Waals surface area (Å²) in [5.74, 6) is 0. The Labute approximate surface area is 93.1 Å². The lowest BCUT2D eigenvalue weighted by Crippen LogP contribution is -2.41. The molecule has 0 unspecified atom stereocenters. The number of nitrogens with one attached hydrogen (secondary N) is 1. The van der Waals surface area contributed by atoms with Crippen LogP contribution in [0, 0.1) is 0 Å². The summed E-state index contributed by atoms with van der Waals surface area (Å²) in [6, 6.07) is 0.749. The Morgan fingerprint density at radius 2 is 2.07 bits per heavy atom. The minimum absolute atomic E-state index is 0.749. The van der Waals surface area contributed by atoms with E-state index in [0.717, 1.165) is 30.7 Å². The fourth-order valence-corrected chi connectivity index (χ4v) is 1.84. The van der Waals surface area contributed by atoms with E-state index < -0.39 is 0 Å². The maximum Gasteiger partial charge on any atom is 0.169 e. The van der Waals surface area contributed by atoms with Crippen LogP contribution in [0.1, 0.15) is 46.0 Å². The molecular weight excluding hydrogens is 192 g/mol. The zero-order valence-electron chi connectivity index (χ0n) is 9.38. The highest BCUT2D eigenvalue weighted by atomic mass is 32.1. The Hall–Kier alpha value is -0.310. The molecule has 0 radical (unpaired) electrons. The van der Waals surface area contributed by atoms with Crippen LogP contribution in [0.3, 0.4) is 0 Å². The third kappa shape index (κ3) is 3.82. The molecule has 1 saturated carbocycles.